The molecule has 4 heterocycles. The number of amides is 1. The molecule has 0 saturated carbocycles. The average Bonchev–Trinajstić information content (AvgIpc) is 3.43. The highest BCUT2D eigenvalue weighted by Crippen LogP contribution is 2.41. The van der Waals surface area contributed by atoms with E-state index in [0.29, 0.717) is 25.3 Å². The molecule has 0 N–H and O–H groups in total. The Morgan fingerprint density at radius 3 is 2.61 bits per heavy atom. The number of hydrogen-bond donors (Lipinski definition) is 0. The molecule has 0 bridgehead atoms. The zero-order valence-electron chi connectivity index (χ0n) is 15.6. The highest BCUT2D eigenvalue weighted by molar-refractivity contribution is 7.13. The third-order valence-electron chi connectivity index (χ3n) is 5.88. The van der Waals surface area contributed by atoms with Gasteiger partial charge >= 0.3 is 0 Å². The first kappa shape index (κ1) is 17.3. The van der Waals surface area contributed by atoms with Gasteiger partial charge in [-0.3, -0.25) is 14.2 Å². The molecule has 1 fully saturated rings. The van der Waals surface area contributed by atoms with Crippen molar-refractivity contribution in [1.82, 2.24) is 19.7 Å². The number of fused-ring (bicyclic) bond motifs is 2. The highest BCUT2D eigenvalue weighted by Gasteiger charge is 2.48. The van der Waals surface area contributed by atoms with E-state index in [0.717, 1.165) is 34.0 Å². The van der Waals surface area contributed by atoms with E-state index in [-0.39, 0.29) is 16.9 Å². The predicted octanol–water partition coefficient (Wildman–Crippen LogP) is 2.86. The number of rotatable bonds is 2. The van der Waals surface area contributed by atoms with Gasteiger partial charge in [0.25, 0.3) is 11.5 Å². The lowest BCUT2D eigenvalue weighted by molar-refractivity contribution is 0.0787. The van der Waals surface area contributed by atoms with Crippen LogP contribution in [-0.2, 0) is 12.0 Å². The van der Waals surface area contributed by atoms with Gasteiger partial charge in [-0.05, 0) is 31.9 Å². The summed E-state index contributed by atoms with van der Waals surface area (Å²) in [5.41, 5.74) is 0.823. The minimum Gasteiger partial charge on any atom is -0.337 e. The van der Waals surface area contributed by atoms with Gasteiger partial charge in [-0.2, -0.15) is 0 Å². The van der Waals surface area contributed by atoms with Crippen LogP contribution in [0.25, 0.3) is 11.3 Å². The topological polar surface area (TPSA) is 68.1 Å². The summed E-state index contributed by atoms with van der Waals surface area (Å²) in [7, 11) is 0. The van der Waals surface area contributed by atoms with Crippen molar-refractivity contribution in [2.75, 3.05) is 13.1 Å². The zero-order chi connectivity index (χ0) is 19.3. The van der Waals surface area contributed by atoms with Crippen LogP contribution in [0.5, 0.6) is 0 Å². The third kappa shape index (κ3) is 2.61. The van der Waals surface area contributed by atoms with Crippen molar-refractivity contribution < 1.29 is 4.79 Å². The normalized spacial score (nSPS) is 20.7. The van der Waals surface area contributed by atoms with Crippen LogP contribution in [0.1, 0.15) is 33.2 Å². The lowest BCUT2D eigenvalue weighted by Gasteiger charge is -2.22. The molecule has 0 unspecified atom stereocenters. The number of aromatic nitrogens is 3. The first-order valence-corrected chi connectivity index (χ1v) is 10.3. The SMILES string of the molecule is Cc1ccc(C(=O)N2CC[C@@]3(CCn4c3nnc(-c3ccccc3)c4=O)C2)s1. The van der Waals surface area contributed by atoms with Gasteiger partial charge in [0.2, 0.25) is 0 Å². The van der Waals surface area contributed by atoms with Crippen molar-refractivity contribution in [1.29, 1.82) is 0 Å². The Kier molecular flexibility index (Phi) is 3.94. The third-order valence-corrected chi connectivity index (χ3v) is 6.86. The fraction of sp³-hybridized carbons (Fsp3) is 0.333. The number of carbonyl (C=O) groups is 1. The maximum Gasteiger partial charge on any atom is 0.280 e. The van der Waals surface area contributed by atoms with E-state index < -0.39 is 0 Å². The lowest BCUT2D eigenvalue weighted by atomic mass is 9.85. The highest BCUT2D eigenvalue weighted by atomic mass is 32.1. The molecule has 28 heavy (non-hydrogen) atoms. The predicted molar refractivity (Wildman–Crippen MR) is 108 cm³/mol. The number of nitrogens with zero attached hydrogens (tertiary/aromatic N) is 4. The van der Waals surface area contributed by atoms with Gasteiger partial charge in [0, 0.05) is 30.1 Å². The quantitative estimate of drug-likeness (QED) is 0.673. The molecule has 1 saturated heterocycles. The van der Waals surface area contributed by atoms with Crippen molar-refractivity contribution in [3.63, 3.8) is 0 Å². The molecule has 3 aromatic rings. The summed E-state index contributed by atoms with van der Waals surface area (Å²) < 4.78 is 1.76. The van der Waals surface area contributed by atoms with E-state index >= 15 is 0 Å². The molecule has 2 aromatic heterocycles. The van der Waals surface area contributed by atoms with Gasteiger partial charge in [-0.25, -0.2) is 0 Å². The Hall–Kier alpha value is -2.80. The average molecular weight is 392 g/mol. The Balaban J connectivity index is 1.46. The molecular formula is C21H20N4O2S. The largest absolute Gasteiger partial charge is 0.337 e. The second kappa shape index (κ2) is 6.38. The molecule has 1 aromatic carbocycles. The molecule has 5 rings (SSSR count). The molecule has 1 atom stereocenters. The summed E-state index contributed by atoms with van der Waals surface area (Å²) in [6.45, 7) is 3.92. The monoisotopic (exact) mass is 392 g/mol. The van der Waals surface area contributed by atoms with Crippen LogP contribution < -0.4 is 5.56 Å². The van der Waals surface area contributed by atoms with Crippen LogP contribution in [0.4, 0.5) is 0 Å². The molecule has 0 aliphatic carbocycles. The minimum absolute atomic E-state index is 0.0737. The molecule has 2 aliphatic rings. The first-order chi connectivity index (χ1) is 13.6. The second-order valence-corrected chi connectivity index (χ2v) is 8.90. The van der Waals surface area contributed by atoms with E-state index in [1.165, 1.54) is 11.3 Å². The Labute approximate surface area is 166 Å². The standard InChI is InChI=1S/C21H20N4O2S/c1-14-7-8-16(28-14)18(26)24-11-9-21(13-24)10-12-25-19(27)17(22-23-20(21)25)15-5-3-2-4-6-15/h2-8H,9-13H2,1H3/t21-/m1/s1. The van der Waals surface area contributed by atoms with Crippen LogP contribution in [0, 0.1) is 6.92 Å². The summed E-state index contributed by atoms with van der Waals surface area (Å²) in [5, 5.41) is 8.77. The molecule has 0 radical (unpaired) electrons. The number of thiophene rings is 1. The Bertz CT molecular complexity index is 1120. The molecular weight excluding hydrogens is 372 g/mol. The van der Waals surface area contributed by atoms with Crippen molar-refractivity contribution in [3.8, 4) is 11.3 Å². The maximum atomic E-state index is 13.0. The molecule has 7 heteroatoms. The molecule has 142 valence electrons. The van der Waals surface area contributed by atoms with Crippen LogP contribution >= 0.6 is 11.3 Å². The summed E-state index contributed by atoms with van der Waals surface area (Å²) in [4.78, 5) is 29.7. The van der Waals surface area contributed by atoms with E-state index in [4.69, 9.17) is 0 Å². The second-order valence-electron chi connectivity index (χ2n) is 7.61. The number of aryl methyl sites for hydroxylation is 1. The van der Waals surface area contributed by atoms with E-state index in [1.807, 2.05) is 54.3 Å². The van der Waals surface area contributed by atoms with E-state index in [2.05, 4.69) is 10.2 Å². The fourth-order valence-electron chi connectivity index (χ4n) is 4.37. The number of benzene rings is 1. The van der Waals surface area contributed by atoms with E-state index in [9.17, 15) is 9.59 Å². The van der Waals surface area contributed by atoms with Gasteiger partial charge in [0.1, 0.15) is 5.82 Å². The van der Waals surface area contributed by atoms with Crippen LogP contribution in [-0.4, -0.2) is 38.7 Å². The van der Waals surface area contributed by atoms with Crippen LogP contribution in [0.2, 0.25) is 0 Å². The number of likely N-dealkylation sites (tertiary alicyclic amines) is 1. The van der Waals surface area contributed by atoms with Gasteiger partial charge in [0.05, 0.1) is 10.3 Å². The van der Waals surface area contributed by atoms with Gasteiger partial charge in [-0.15, -0.1) is 21.5 Å². The summed E-state index contributed by atoms with van der Waals surface area (Å²) in [6, 6.07) is 13.3. The van der Waals surface area contributed by atoms with Crippen molar-refractivity contribution in [2.45, 2.75) is 31.7 Å². The Morgan fingerprint density at radius 2 is 1.86 bits per heavy atom. The van der Waals surface area contributed by atoms with Gasteiger partial charge in [0.15, 0.2) is 5.69 Å². The smallest absolute Gasteiger partial charge is 0.280 e. The van der Waals surface area contributed by atoms with Crippen molar-refractivity contribution >= 4 is 17.2 Å². The van der Waals surface area contributed by atoms with Crippen LogP contribution in [0.15, 0.2) is 47.3 Å². The molecule has 1 amide bonds. The summed E-state index contributed by atoms with van der Waals surface area (Å²) >= 11 is 1.53. The summed E-state index contributed by atoms with van der Waals surface area (Å²) in [5.74, 6) is 0.805. The summed E-state index contributed by atoms with van der Waals surface area (Å²) in [6.07, 6.45) is 1.64. The molecule has 6 nitrogen and oxygen atoms in total. The van der Waals surface area contributed by atoms with Gasteiger partial charge in [-0.1, -0.05) is 30.3 Å². The molecule has 2 aliphatic heterocycles. The maximum absolute atomic E-state index is 13.0. The lowest BCUT2D eigenvalue weighted by Crippen LogP contribution is -2.35. The minimum atomic E-state index is -0.261. The number of hydrogen-bond acceptors (Lipinski definition) is 5. The zero-order valence-corrected chi connectivity index (χ0v) is 16.4. The number of carbonyl (C=O) groups excluding carboxylic acids is 1. The van der Waals surface area contributed by atoms with Gasteiger partial charge < -0.3 is 4.90 Å². The molecule has 1 spiro atoms. The fourth-order valence-corrected chi connectivity index (χ4v) is 5.21. The van der Waals surface area contributed by atoms with Crippen molar-refractivity contribution in [2.24, 2.45) is 0 Å². The van der Waals surface area contributed by atoms with Crippen molar-refractivity contribution in [3.05, 3.63) is 68.4 Å². The Morgan fingerprint density at radius 1 is 1.07 bits per heavy atom. The van der Waals surface area contributed by atoms with E-state index in [1.54, 1.807) is 4.57 Å². The van der Waals surface area contributed by atoms with Crippen LogP contribution in [0.3, 0.4) is 0 Å². The first-order valence-electron chi connectivity index (χ1n) is 9.47.